The van der Waals surface area contributed by atoms with Gasteiger partial charge >= 0.3 is 6.18 Å². The van der Waals surface area contributed by atoms with Crippen LogP contribution in [-0.2, 0) is 10.4 Å². The van der Waals surface area contributed by atoms with Gasteiger partial charge in [-0.1, -0.05) is 51.1 Å². The monoisotopic (exact) mass is 274 g/mol. The molecule has 1 atom stereocenters. The van der Waals surface area contributed by atoms with Crippen molar-refractivity contribution in [1.29, 1.82) is 0 Å². The quantitative estimate of drug-likeness (QED) is 0.916. The smallest absolute Gasteiger partial charge is 0.376 e. The summed E-state index contributed by atoms with van der Waals surface area (Å²) >= 11 is 0. The summed E-state index contributed by atoms with van der Waals surface area (Å²) in [6.07, 6.45) is -5.89. The van der Waals surface area contributed by atoms with Gasteiger partial charge in [-0.25, -0.2) is 0 Å². The van der Waals surface area contributed by atoms with Crippen molar-refractivity contribution in [1.82, 2.24) is 0 Å². The minimum atomic E-state index is -4.91. The molecule has 0 heterocycles. The SMILES string of the molecule is CC(C)(C)C(=O)CC(O)(c1ccccc1)C(F)(F)F. The van der Waals surface area contributed by atoms with E-state index in [0.717, 1.165) is 0 Å². The number of rotatable bonds is 3. The lowest BCUT2D eigenvalue weighted by Crippen LogP contribution is -2.45. The predicted octanol–water partition coefficient (Wildman–Crippen LogP) is 3.44. The average molecular weight is 274 g/mol. The van der Waals surface area contributed by atoms with E-state index < -0.39 is 29.4 Å². The standard InChI is InChI=1S/C14H17F3O2/c1-12(2,3)11(18)9-13(19,14(15,16)17)10-7-5-4-6-8-10/h4-8,19H,9H2,1-3H3. The van der Waals surface area contributed by atoms with Gasteiger partial charge in [0.25, 0.3) is 0 Å². The maximum atomic E-state index is 13.1. The molecular formula is C14H17F3O2. The first-order chi connectivity index (χ1) is 8.48. The van der Waals surface area contributed by atoms with Crippen LogP contribution in [0.5, 0.6) is 0 Å². The molecule has 0 spiro atoms. The molecule has 1 unspecified atom stereocenters. The molecule has 0 amide bonds. The first-order valence-corrected chi connectivity index (χ1v) is 5.86. The summed E-state index contributed by atoms with van der Waals surface area (Å²) < 4.78 is 39.4. The van der Waals surface area contributed by atoms with Crippen molar-refractivity contribution < 1.29 is 23.1 Å². The number of hydrogen-bond donors (Lipinski definition) is 1. The maximum Gasteiger partial charge on any atom is 0.421 e. The van der Waals surface area contributed by atoms with Crippen molar-refractivity contribution in [3.05, 3.63) is 35.9 Å². The Morgan fingerprint density at radius 2 is 1.58 bits per heavy atom. The number of halogens is 3. The second-order valence-corrected chi connectivity index (χ2v) is 5.57. The molecule has 0 bridgehead atoms. The number of ketones is 1. The van der Waals surface area contributed by atoms with Crippen molar-refractivity contribution in [2.75, 3.05) is 0 Å². The Balaban J connectivity index is 3.21. The Morgan fingerprint density at radius 3 is 1.95 bits per heavy atom. The van der Waals surface area contributed by atoms with E-state index in [1.165, 1.54) is 45.0 Å². The Kier molecular flexibility index (Phi) is 4.10. The van der Waals surface area contributed by atoms with E-state index in [1.54, 1.807) is 6.07 Å². The van der Waals surface area contributed by atoms with Crippen molar-refractivity contribution in [3.8, 4) is 0 Å². The van der Waals surface area contributed by atoms with Crippen LogP contribution in [0, 0.1) is 5.41 Å². The van der Waals surface area contributed by atoms with Gasteiger partial charge in [-0.05, 0) is 5.56 Å². The van der Waals surface area contributed by atoms with Crippen LogP contribution in [0.15, 0.2) is 30.3 Å². The molecule has 19 heavy (non-hydrogen) atoms. The van der Waals surface area contributed by atoms with Crippen LogP contribution in [0.3, 0.4) is 0 Å². The summed E-state index contributed by atoms with van der Waals surface area (Å²) in [6, 6.07) is 6.68. The number of Topliss-reactive ketones (excluding diaryl/α,β-unsaturated/α-hetero) is 1. The molecule has 0 aromatic heterocycles. The molecule has 1 aromatic rings. The van der Waals surface area contributed by atoms with Crippen molar-refractivity contribution in [2.45, 2.75) is 39.0 Å². The van der Waals surface area contributed by atoms with E-state index in [1.807, 2.05) is 0 Å². The minimum Gasteiger partial charge on any atom is -0.376 e. The van der Waals surface area contributed by atoms with Gasteiger partial charge in [-0.2, -0.15) is 13.2 Å². The molecule has 0 aliphatic heterocycles. The molecule has 0 fully saturated rings. The summed E-state index contributed by atoms with van der Waals surface area (Å²) in [5.41, 5.74) is -4.40. The molecule has 0 aliphatic carbocycles. The summed E-state index contributed by atoms with van der Waals surface area (Å²) in [7, 11) is 0. The van der Waals surface area contributed by atoms with Crippen LogP contribution >= 0.6 is 0 Å². The van der Waals surface area contributed by atoms with Gasteiger partial charge in [0.15, 0.2) is 5.60 Å². The highest BCUT2D eigenvalue weighted by atomic mass is 19.4. The van der Waals surface area contributed by atoms with E-state index >= 15 is 0 Å². The number of alkyl halides is 3. The van der Waals surface area contributed by atoms with Crippen LogP contribution in [-0.4, -0.2) is 17.1 Å². The zero-order valence-corrected chi connectivity index (χ0v) is 11.1. The lowest BCUT2D eigenvalue weighted by Gasteiger charge is -2.32. The van der Waals surface area contributed by atoms with Gasteiger partial charge in [0, 0.05) is 11.8 Å². The molecule has 1 rings (SSSR count). The van der Waals surface area contributed by atoms with Crippen LogP contribution in [0.25, 0.3) is 0 Å². The highest BCUT2D eigenvalue weighted by molar-refractivity contribution is 5.84. The van der Waals surface area contributed by atoms with E-state index in [-0.39, 0.29) is 5.56 Å². The third-order valence-electron chi connectivity index (χ3n) is 2.97. The van der Waals surface area contributed by atoms with Crippen LogP contribution < -0.4 is 0 Å². The lowest BCUT2D eigenvalue weighted by atomic mass is 9.80. The average Bonchev–Trinajstić information content (AvgIpc) is 2.27. The first-order valence-electron chi connectivity index (χ1n) is 5.86. The molecule has 0 aliphatic rings. The molecule has 0 radical (unpaired) electrons. The van der Waals surface area contributed by atoms with E-state index in [2.05, 4.69) is 0 Å². The highest BCUT2D eigenvalue weighted by Crippen LogP contribution is 2.43. The van der Waals surface area contributed by atoms with E-state index in [9.17, 15) is 23.1 Å². The zero-order chi connectivity index (χ0) is 14.9. The molecule has 5 heteroatoms. The number of aliphatic hydroxyl groups is 1. The lowest BCUT2D eigenvalue weighted by molar-refractivity contribution is -0.267. The van der Waals surface area contributed by atoms with E-state index in [4.69, 9.17) is 0 Å². The second-order valence-electron chi connectivity index (χ2n) is 5.57. The Morgan fingerprint density at radius 1 is 1.11 bits per heavy atom. The second kappa shape index (κ2) is 4.96. The number of carbonyl (C=O) groups excluding carboxylic acids is 1. The molecule has 0 saturated carbocycles. The fourth-order valence-electron chi connectivity index (χ4n) is 1.58. The van der Waals surface area contributed by atoms with Gasteiger partial charge in [0.2, 0.25) is 0 Å². The number of benzene rings is 1. The fraction of sp³-hybridized carbons (Fsp3) is 0.500. The third kappa shape index (κ3) is 3.35. The van der Waals surface area contributed by atoms with Crippen molar-refractivity contribution in [3.63, 3.8) is 0 Å². The fourth-order valence-corrected chi connectivity index (χ4v) is 1.58. The molecule has 0 saturated heterocycles. The van der Waals surface area contributed by atoms with Crippen molar-refractivity contribution in [2.24, 2.45) is 5.41 Å². The van der Waals surface area contributed by atoms with Gasteiger partial charge in [0.1, 0.15) is 5.78 Å². The number of carbonyl (C=O) groups is 1. The molecule has 1 aromatic carbocycles. The topological polar surface area (TPSA) is 37.3 Å². The summed E-state index contributed by atoms with van der Waals surface area (Å²) in [6.45, 7) is 4.57. The van der Waals surface area contributed by atoms with E-state index in [0.29, 0.717) is 0 Å². The zero-order valence-electron chi connectivity index (χ0n) is 11.1. The van der Waals surface area contributed by atoms with Crippen molar-refractivity contribution >= 4 is 5.78 Å². The highest BCUT2D eigenvalue weighted by Gasteiger charge is 2.56. The summed E-state index contributed by atoms with van der Waals surface area (Å²) in [5, 5.41) is 10.0. The van der Waals surface area contributed by atoms with Gasteiger partial charge in [-0.3, -0.25) is 4.79 Å². The molecule has 1 N–H and O–H groups in total. The summed E-state index contributed by atoms with van der Waals surface area (Å²) in [4.78, 5) is 11.8. The Bertz CT molecular complexity index is 446. The van der Waals surface area contributed by atoms with Crippen LogP contribution in [0.2, 0.25) is 0 Å². The van der Waals surface area contributed by atoms with Crippen LogP contribution in [0.4, 0.5) is 13.2 Å². The van der Waals surface area contributed by atoms with Crippen LogP contribution in [0.1, 0.15) is 32.8 Å². The number of hydrogen-bond acceptors (Lipinski definition) is 2. The molecular weight excluding hydrogens is 257 g/mol. The molecule has 2 nitrogen and oxygen atoms in total. The normalized spacial score (nSPS) is 15.9. The summed E-state index contributed by atoms with van der Waals surface area (Å²) in [5.74, 6) is -0.642. The Hall–Kier alpha value is -1.36. The largest absolute Gasteiger partial charge is 0.421 e. The first kappa shape index (κ1) is 15.7. The van der Waals surface area contributed by atoms with Gasteiger partial charge in [-0.15, -0.1) is 0 Å². The predicted molar refractivity (Wildman–Crippen MR) is 65.5 cm³/mol. The minimum absolute atomic E-state index is 0.319. The maximum absolute atomic E-state index is 13.1. The Labute approximate surface area is 110 Å². The van der Waals surface area contributed by atoms with Gasteiger partial charge < -0.3 is 5.11 Å². The van der Waals surface area contributed by atoms with Gasteiger partial charge in [0.05, 0.1) is 0 Å². The molecule has 106 valence electrons. The third-order valence-corrected chi connectivity index (χ3v) is 2.97.